The van der Waals surface area contributed by atoms with E-state index in [0.29, 0.717) is 0 Å². The predicted octanol–water partition coefficient (Wildman–Crippen LogP) is 0.229. The van der Waals surface area contributed by atoms with Crippen molar-refractivity contribution < 1.29 is 9.59 Å². The van der Waals surface area contributed by atoms with E-state index in [0.717, 1.165) is 31.6 Å². The standard InChI is InChI=1S/C10H16N2O2S/c1-15-6-4-7-10(14)12-5-2-3-8(12)9(13)11-7/h7-8H,2-6H2,1H3,(H,11,13)/t7-,8-/m1/s1. The molecule has 0 aliphatic carbocycles. The molecule has 2 saturated heterocycles. The predicted molar refractivity (Wildman–Crippen MR) is 59.7 cm³/mol. The molecule has 1 N–H and O–H groups in total. The van der Waals surface area contributed by atoms with E-state index in [1.54, 1.807) is 16.7 Å². The Bertz CT molecular complexity index is 283. The third kappa shape index (κ3) is 1.97. The summed E-state index contributed by atoms with van der Waals surface area (Å²) in [5, 5.41) is 2.83. The zero-order valence-electron chi connectivity index (χ0n) is 8.86. The third-order valence-corrected chi connectivity index (χ3v) is 3.71. The van der Waals surface area contributed by atoms with E-state index < -0.39 is 0 Å². The Labute approximate surface area is 93.8 Å². The van der Waals surface area contributed by atoms with Crippen LogP contribution in [-0.2, 0) is 9.59 Å². The van der Waals surface area contributed by atoms with Gasteiger partial charge in [-0.3, -0.25) is 9.59 Å². The summed E-state index contributed by atoms with van der Waals surface area (Å²) in [5.41, 5.74) is 0. The van der Waals surface area contributed by atoms with Crippen molar-refractivity contribution in [2.24, 2.45) is 0 Å². The number of rotatable bonds is 3. The van der Waals surface area contributed by atoms with Gasteiger partial charge in [-0.25, -0.2) is 0 Å². The maximum absolute atomic E-state index is 12.0. The van der Waals surface area contributed by atoms with Crippen molar-refractivity contribution in [3.63, 3.8) is 0 Å². The van der Waals surface area contributed by atoms with Gasteiger partial charge < -0.3 is 10.2 Å². The SMILES string of the molecule is CSCC[C@H]1NC(=O)[C@H]2CCCN2C1=O. The Morgan fingerprint density at radius 3 is 3.07 bits per heavy atom. The first kappa shape index (κ1) is 10.8. The first-order valence-corrected chi connectivity index (χ1v) is 6.73. The van der Waals surface area contributed by atoms with Gasteiger partial charge in [-0.05, 0) is 31.3 Å². The molecule has 0 aromatic heterocycles. The van der Waals surface area contributed by atoms with Crippen molar-refractivity contribution in [1.82, 2.24) is 10.2 Å². The van der Waals surface area contributed by atoms with Crippen LogP contribution < -0.4 is 5.32 Å². The Balaban J connectivity index is 2.03. The number of hydrogen-bond donors (Lipinski definition) is 1. The fourth-order valence-corrected chi connectivity index (χ4v) is 2.74. The Kier molecular flexibility index (Phi) is 3.19. The second kappa shape index (κ2) is 4.43. The molecule has 0 aromatic rings. The molecule has 2 heterocycles. The van der Waals surface area contributed by atoms with Crippen molar-refractivity contribution in [1.29, 1.82) is 0 Å². The van der Waals surface area contributed by atoms with Gasteiger partial charge in [0.1, 0.15) is 12.1 Å². The van der Waals surface area contributed by atoms with Crippen molar-refractivity contribution >= 4 is 23.6 Å². The molecule has 2 rings (SSSR count). The van der Waals surface area contributed by atoms with E-state index in [2.05, 4.69) is 5.32 Å². The molecule has 0 unspecified atom stereocenters. The fourth-order valence-electron chi connectivity index (χ4n) is 2.26. The van der Waals surface area contributed by atoms with Gasteiger partial charge >= 0.3 is 0 Å². The largest absolute Gasteiger partial charge is 0.342 e. The molecule has 0 spiro atoms. The van der Waals surface area contributed by atoms with Crippen LogP contribution in [0.1, 0.15) is 19.3 Å². The van der Waals surface area contributed by atoms with Gasteiger partial charge in [0.2, 0.25) is 11.8 Å². The zero-order valence-corrected chi connectivity index (χ0v) is 9.68. The highest BCUT2D eigenvalue weighted by atomic mass is 32.2. The summed E-state index contributed by atoms with van der Waals surface area (Å²) in [7, 11) is 0. The highest BCUT2D eigenvalue weighted by Crippen LogP contribution is 2.23. The maximum Gasteiger partial charge on any atom is 0.245 e. The number of nitrogens with zero attached hydrogens (tertiary/aromatic N) is 1. The molecule has 2 aliphatic rings. The van der Waals surface area contributed by atoms with Crippen LogP contribution in [0, 0.1) is 0 Å². The zero-order chi connectivity index (χ0) is 10.8. The summed E-state index contributed by atoms with van der Waals surface area (Å²) < 4.78 is 0. The Hall–Kier alpha value is -0.710. The minimum Gasteiger partial charge on any atom is -0.342 e. The molecule has 2 amide bonds. The quantitative estimate of drug-likeness (QED) is 0.752. The lowest BCUT2D eigenvalue weighted by atomic mass is 10.1. The molecule has 4 nitrogen and oxygen atoms in total. The average molecular weight is 228 g/mol. The minimum atomic E-state index is -0.278. The molecule has 15 heavy (non-hydrogen) atoms. The van der Waals surface area contributed by atoms with E-state index in [1.165, 1.54) is 0 Å². The first-order chi connectivity index (χ1) is 7.24. The van der Waals surface area contributed by atoms with Crippen molar-refractivity contribution in [2.75, 3.05) is 18.6 Å². The van der Waals surface area contributed by atoms with Crippen molar-refractivity contribution in [3.05, 3.63) is 0 Å². The lowest BCUT2D eigenvalue weighted by Gasteiger charge is -2.34. The molecular weight excluding hydrogens is 212 g/mol. The van der Waals surface area contributed by atoms with Crippen LogP contribution in [0.5, 0.6) is 0 Å². The minimum absolute atomic E-state index is 0.0400. The molecule has 2 atom stereocenters. The summed E-state index contributed by atoms with van der Waals surface area (Å²) in [4.78, 5) is 25.4. The summed E-state index contributed by atoms with van der Waals surface area (Å²) >= 11 is 1.70. The van der Waals surface area contributed by atoms with Gasteiger partial charge in [-0.1, -0.05) is 0 Å². The number of piperazine rings is 1. The summed E-state index contributed by atoms with van der Waals surface area (Å²) in [6.07, 6.45) is 4.54. The highest BCUT2D eigenvalue weighted by molar-refractivity contribution is 7.98. The average Bonchev–Trinajstić information content (AvgIpc) is 2.70. The van der Waals surface area contributed by atoms with E-state index in [-0.39, 0.29) is 23.9 Å². The molecule has 2 fully saturated rings. The highest BCUT2D eigenvalue weighted by Gasteiger charge is 2.42. The van der Waals surface area contributed by atoms with Crippen molar-refractivity contribution in [3.8, 4) is 0 Å². The topological polar surface area (TPSA) is 49.4 Å². The summed E-state index contributed by atoms with van der Waals surface area (Å²) in [5.74, 6) is 1.07. The number of nitrogens with one attached hydrogen (secondary N) is 1. The van der Waals surface area contributed by atoms with Crippen molar-refractivity contribution in [2.45, 2.75) is 31.3 Å². The van der Waals surface area contributed by atoms with Crippen LogP contribution >= 0.6 is 11.8 Å². The van der Waals surface area contributed by atoms with Gasteiger partial charge in [-0.2, -0.15) is 11.8 Å². The molecule has 0 bridgehead atoms. The Morgan fingerprint density at radius 1 is 1.53 bits per heavy atom. The second-order valence-corrected chi connectivity index (χ2v) is 5.02. The normalized spacial score (nSPS) is 30.3. The summed E-state index contributed by atoms with van der Waals surface area (Å²) in [6.45, 7) is 0.757. The Morgan fingerprint density at radius 2 is 2.33 bits per heavy atom. The van der Waals surface area contributed by atoms with Gasteiger partial charge in [0.25, 0.3) is 0 Å². The van der Waals surface area contributed by atoms with Crippen LogP contribution in [0.15, 0.2) is 0 Å². The van der Waals surface area contributed by atoms with Crippen LogP contribution in [-0.4, -0.2) is 47.4 Å². The summed E-state index contributed by atoms with van der Waals surface area (Å²) in [6, 6.07) is -0.456. The molecule has 5 heteroatoms. The number of carbonyl (C=O) groups excluding carboxylic acids is 2. The third-order valence-electron chi connectivity index (χ3n) is 3.06. The first-order valence-electron chi connectivity index (χ1n) is 5.34. The number of amides is 2. The molecule has 0 aromatic carbocycles. The van der Waals surface area contributed by atoms with E-state index in [4.69, 9.17) is 0 Å². The smallest absolute Gasteiger partial charge is 0.245 e. The lowest BCUT2D eigenvalue weighted by Crippen LogP contribution is -2.61. The molecule has 84 valence electrons. The van der Waals surface area contributed by atoms with Crippen LogP contribution in [0.4, 0.5) is 0 Å². The molecule has 0 radical (unpaired) electrons. The van der Waals surface area contributed by atoms with E-state index in [9.17, 15) is 9.59 Å². The van der Waals surface area contributed by atoms with E-state index >= 15 is 0 Å². The van der Waals surface area contributed by atoms with Gasteiger partial charge in [0.05, 0.1) is 0 Å². The van der Waals surface area contributed by atoms with Gasteiger partial charge in [0, 0.05) is 6.54 Å². The maximum atomic E-state index is 12.0. The van der Waals surface area contributed by atoms with Crippen LogP contribution in [0.3, 0.4) is 0 Å². The van der Waals surface area contributed by atoms with Crippen LogP contribution in [0.2, 0.25) is 0 Å². The lowest BCUT2D eigenvalue weighted by molar-refractivity contribution is -0.147. The van der Waals surface area contributed by atoms with E-state index in [1.807, 2.05) is 6.26 Å². The van der Waals surface area contributed by atoms with Gasteiger partial charge in [0.15, 0.2) is 0 Å². The fraction of sp³-hybridized carbons (Fsp3) is 0.800. The monoisotopic (exact) mass is 228 g/mol. The molecular formula is C10H16N2O2S. The number of carbonyl (C=O) groups is 2. The number of thioether (sulfide) groups is 1. The molecule has 2 aliphatic heterocycles. The number of fused-ring (bicyclic) bond motifs is 1. The molecule has 0 saturated carbocycles. The van der Waals surface area contributed by atoms with Gasteiger partial charge in [-0.15, -0.1) is 0 Å². The number of hydrogen-bond acceptors (Lipinski definition) is 3. The van der Waals surface area contributed by atoms with Crippen LogP contribution in [0.25, 0.3) is 0 Å². The second-order valence-electron chi connectivity index (χ2n) is 4.03.